The minimum atomic E-state index is 0.102. The second-order valence-corrected chi connectivity index (χ2v) is 4.05. The Morgan fingerprint density at radius 2 is 2.53 bits per heavy atom. The number of amides is 1. The first-order valence-corrected chi connectivity index (χ1v) is 5.28. The fraction of sp³-hybridized carbons (Fsp3) is 0.600. The Morgan fingerprint density at radius 1 is 1.67 bits per heavy atom. The van der Waals surface area contributed by atoms with Gasteiger partial charge in [0.05, 0.1) is 11.9 Å². The summed E-state index contributed by atoms with van der Waals surface area (Å²) in [5.74, 6) is 0.223. The van der Waals surface area contributed by atoms with Crippen molar-refractivity contribution < 1.29 is 4.79 Å². The Balaban J connectivity index is 1.90. The second-order valence-electron chi connectivity index (χ2n) is 4.05. The summed E-state index contributed by atoms with van der Waals surface area (Å²) in [6, 6.07) is 0.429. The van der Waals surface area contributed by atoms with Gasteiger partial charge in [-0.05, 0) is 26.3 Å². The fourth-order valence-corrected chi connectivity index (χ4v) is 1.93. The molecule has 1 aromatic rings. The fourth-order valence-electron chi connectivity index (χ4n) is 1.93. The first kappa shape index (κ1) is 10.2. The first-order chi connectivity index (χ1) is 7.25. The van der Waals surface area contributed by atoms with Gasteiger partial charge in [-0.2, -0.15) is 5.10 Å². The summed E-state index contributed by atoms with van der Waals surface area (Å²) in [7, 11) is 0. The molecule has 0 bridgehead atoms. The number of carbonyl (C=O) groups excluding carboxylic acids is 1. The molecule has 5 heteroatoms. The SMILES string of the molecule is CC1CC(C(=O)Nc2cn[nH]c2)CCN1. The third-order valence-electron chi connectivity index (χ3n) is 2.76. The van der Waals surface area contributed by atoms with E-state index < -0.39 is 0 Å². The quantitative estimate of drug-likeness (QED) is 0.671. The minimum Gasteiger partial charge on any atom is -0.323 e. The van der Waals surface area contributed by atoms with Crippen molar-refractivity contribution in [2.24, 2.45) is 5.92 Å². The molecule has 2 atom stereocenters. The Labute approximate surface area is 88.6 Å². The monoisotopic (exact) mass is 208 g/mol. The lowest BCUT2D eigenvalue weighted by atomic mass is 9.92. The molecular weight excluding hydrogens is 192 g/mol. The summed E-state index contributed by atoms with van der Waals surface area (Å²) in [6.45, 7) is 3.03. The number of aromatic nitrogens is 2. The van der Waals surface area contributed by atoms with Crippen LogP contribution in [-0.4, -0.2) is 28.7 Å². The maximum absolute atomic E-state index is 11.8. The number of piperidine rings is 1. The van der Waals surface area contributed by atoms with Crippen molar-refractivity contribution in [3.8, 4) is 0 Å². The largest absolute Gasteiger partial charge is 0.323 e. The van der Waals surface area contributed by atoms with Gasteiger partial charge in [0, 0.05) is 18.2 Å². The number of anilines is 1. The first-order valence-electron chi connectivity index (χ1n) is 5.28. The topological polar surface area (TPSA) is 69.8 Å². The molecule has 0 radical (unpaired) electrons. The molecule has 15 heavy (non-hydrogen) atoms. The predicted molar refractivity (Wildman–Crippen MR) is 57.4 cm³/mol. The van der Waals surface area contributed by atoms with Crippen LogP contribution < -0.4 is 10.6 Å². The third-order valence-corrected chi connectivity index (χ3v) is 2.76. The predicted octanol–water partition coefficient (Wildman–Crippen LogP) is 0.736. The highest BCUT2D eigenvalue weighted by Gasteiger charge is 2.24. The summed E-state index contributed by atoms with van der Waals surface area (Å²) in [4.78, 5) is 11.8. The number of carbonyl (C=O) groups is 1. The van der Waals surface area contributed by atoms with Crippen molar-refractivity contribution in [1.82, 2.24) is 15.5 Å². The van der Waals surface area contributed by atoms with Gasteiger partial charge in [-0.15, -0.1) is 0 Å². The highest BCUT2D eigenvalue weighted by molar-refractivity contribution is 5.92. The van der Waals surface area contributed by atoms with E-state index in [1.165, 1.54) is 0 Å². The van der Waals surface area contributed by atoms with Crippen LogP contribution in [0.5, 0.6) is 0 Å². The molecule has 1 aliphatic rings. The van der Waals surface area contributed by atoms with Gasteiger partial charge in [0.25, 0.3) is 0 Å². The minimum absolute atomic E-state index is 0.102. The summed E-state index contributed by atoms with van der Waals surface area (Å²) in [5, 5.41) is 12.6. The summed E-state index contributed by atoms with van der Waals surface area (Å²) in [5.41, 5.74) is 0.742. The van der Waals surface area contributed by atoms with Gasteiger partial charge in [0.1, 0.15) is 0 Å². The van der Waals surface area contributed by atoms with Crippen LogP contribution in [0.15, 0.2) is 12.4 Å². The zero-order valence-corrected chi connectivity index (χ0v) is 8.79. The Kier molecular flexibility index (Phi) is 3.01. The lowest BCUT2D eigenvalue weighted by molar-refractivity contribution is -0.120. The maximum atomic E-state index is 11.8. The van der Waals surface area contributed by atoms with Gasteiger partial charge in [0.15, 0.2) is 0 Å². The van der Waals surface area contributed by atoms with Crippen LogP contribution in [0.3, 0.4) is 0 Å². The van der Waals surface area contributed by atoms with E-state index in [0.717, 1.165) is 25.1 Å². The van der Waals surface area contributed by atoms with Gasteiger partial charge in [-0.25, -0.2) is 0 Å². The number of rotatable bonds is 2. The summed E-state index contributed by atoms with van der Waals surface area (Å²) in [6.07, 6.45) is 5.11. The van der Waals surface area contributed by atoms with Crippen molar-refractivity contribution in [2.75, 3.05) is 11.9 Å². The van der Waals surface area contributed by atoms with Crippen molar-refractivity contribution in [1.29, 1.82) is 0 Å². The van der Waals surface area contributed by atoms with Crippen molar-refractivity contribution in [3.05, 3.63) is 12.4 Å². The average molecular weight is 208 g/mol. The second kappa shape index (κ2) is 4.44. The molecule has 1 fully saturated rings. The van der Waals surface area contributed by atoms with E-state index >= 15 is 0 Å². The highest BCUT2D eigenvalue weighted by atomic mass is 16.1. The van der Waals surface area contributed by atoms with E-state index in [-0.39, 0.29) is 11.8 Å². The zero-order chi connectivity index (χ0) is 10.7. The third kappa shape index (κ3) is 2.56. The van der Waals surface area contributed by atoms with E-state index in [1.54, 1.807) is 12.4 Å². The Bertz CT molecular complexity index is 322. The average Bonchev–Trinajstić information content (AvgIpc) is 2.70. The van der Waals surface area contributed by atoms with Crippen molar-refractivity contribution >= 4 is 11.6 Å². The number of aromatic amines is 1. The number of hydrogen-bond donors (Lipinski definition) is 3. The molecule has 1 aromatic heterocycles. The molecule has 82 valence electrons. The lowest BCUT2D eigenvalue weighted by Crippen LogP contribution is -2.40. The molecule has 1 amide bonds. The zero-order valence-electron chi connectivity index (χ0n) is 8.79. The van der Waals surface area contributed by atoms with Gasteiger partial charge < -0.3 is 10.6 Å². The van der Waals surface area contributed by atoms with Crippen LogP contribution in [0.4, 0.5) is 5.69 Å². The lowest BCUT2D eigenvalue weighted by Gasteiger charge is -2.26. The van der Waals surface area contributed by atoms with E-state index in [9.17, 15) is 4.79 Å². The number of nitrogens with one attached hydrogen (secondary N) is 3. The number of hydrogen-bond acceptors (Lipinski definition) is 3. The van der Waals surface area contributed by atoms with Gasteiger partial charge >= 0.3 is 0 Å². The standard InChI is InChI=1S/C10H16N4O/c1-7-4-8(2-3-11-7)10(15)14-9-5-12-13-6-9/h5-8,11H,2-4H2,1H3,(H,12,13)(H,14,15). The van der Waals surface area contributed by atoms with E-state index in [4.69, 9.17) is 0 Å². The van der Waals surface area contributed by atoms with Gasteiger partial charge in [-0.1, -0.05) is 0 Å². The molecule has 2 heterocycles. The Morgan fingerprint density at radius 3 is 3.20 bits per heavy atom. The van der Waals surface area contributed by atoms with Crippen LogP contribution in [0.1, 0.15) is 19.8 Å². The maximum Gasteiger partial charge on any atom is 0.227 e. The normalized spacial score (nSPS) is 26.2. The summed E-state index contributed by atoms with van der Waals surface area (Å²) >= 11 is 0. The number of H-pyrrole nitrogens is 1. The van der Waals surface area contributed by atoms with Crippen LogP contribution >= 0.6 is 0 Å². The van der Waals surface area contributed by atoms with Crippen LogP contribution in [0.25, 0.3) is 0 Å². The number of nitrogens with zero attached hydrogens (tertiary/aromatic N) is 1. The van der Waals surface area contributed by atoms with E-state index in [2.05, 4.69) is 27.8 Å². The van der Waals surface area contributed by atoms with Crippen LogP contribution in [0, 0.1) is 5.92 Å². The molecule has 3 N–H and O–H groups in total. The van der Waals surface area contributed by atoms with Crippen molar-refractivity contribution in [2.45, 2.75) is 25.8 Å². The van der Waals surface area contributed by atoms with Crippen molar-refractivity contribution in [3.63, 3.8) is 0 Å². The highest BCUT2D eigenvalue weighted by Crippen LogP contribution is 2.17. The molecule has 2 unspecified atom stereocenters. The summed E-state index contributed by atoms with van der Waals surface area (Å²) < 4.78 is 0. The smallest absolute Gasteiger partial charge is 0.227 e. The molecular formula is C10H16N4O. The molecule has 5 nitrogen and oxygen atoms in total. The molecule has 0 aliphatic carbocycles. The van der Waals surface area contributed by atoms with Crippen LogP contribution in [-0.2, 0) is 4.79 Å². The van der Waals surface area contributed by atoms with Gasteiger partial charge in [0.2, 0.25) is 5.91 Å². The van der Waals surface area contributed by atoms with Crippen LogP contribution in [0.2, 0.25) is 0 Å². The van der Waals surface area contributed by atoms with E-state index in [1.807, 2.05) is 0 Å². The molecule has 0 aromatic carbocycles. The molecule has 2 rings (SSSR count). The molecule has 1 aliphatic heterocycles. The van der Waals surface area contributed by atoms with Gasteiger partial charge in [-0.3, -0.25) is 9.89 Å². The molecule has 1 saturated heterocycles. The van der Waals surface area contributed by atoms with E-state index in [0.29, 0.717) is 6.04 Å². The molecule has 0 saturated carbocycles. The molecule has 0 spiro atoms. The Hall–Kier alpha value is -1.36.